The van der Waals surface area contributed by atoms with Crippen LogP contribution < -0.4 is 15.6 Å². The van der Waals surface area contributed by atoms with E-state index in [4.69, 9.17) is 9.47 Å². The zero-order valence-electron chi connectivity index (χ0n) is 23.8. The van der Waals surface area contributed by atoms with E-state index in [1.807, 2.05) is 0 Å². The van der Waals surface area contributed by atoms with Crippen LogP contribution in [0.15, 0.2) is 53.5 Å². The molecule has 0 saturated heterocycles. The van der Waals surface area contributed by atoms with Crippen molar-refractivity contribution in [2.24, 2.45) is 7.05 Å². The van der Waals surface area contributed by atoms with Crippen molar-refractivity contribution in [1.29, 1.82) is 5.26 Å². The largest absolute Gasteiger partial charge is 0.493 e. The molecule has 3 aromatic carbocycles. The van der Waals surface area contributed by atoms with E-state index in [0.717, 1.165) is 0 Å². The molecule has 0 atom stereocenters. The van der Waals surface area contributed by atoms with Crippen molar-refractivity contribution in [2.75, 3.05) is 6.61 Å². The summed E-state index contributed by atoms with van der Waals surface area (Å²) in [5.74, 6) is -0.289. The highest BCUT2D eigenvalue weighted by Gasteiger charge is 2.24. The molecular formula is C31H29FN6O4. The summed E-state index contributed by atoms with van der Waals surface area (Å²) in [7, 11) is 1.67. The lowest BCUT2D eigenvalue weighted by Crippen LogP contribution is -2.32. The van der Waals surface area contributed by atoms with Crippen molar-refractivity contribution >= 4 is 27.6 Å². The van der Waals surface area contributed by atoms with Crippen LogP contribution in [0.2, 0.25) is 0 Å². The van der Waals surface area contributed by atoms with Crippen LogP contribution in [-0.2, 0) is 18.3 Å². The summed E-state index contributed by atoms with van der Waals surface area (Å²) >= 11 is 0. The molecular weight excluding hydrogens is 539 g/mol. The normalized spacial score (nSPS) is 11.5. The maximum absolute atomic E-state index is 15.7. The van der Waals surface area contributed by atoms with Gasteiger partial charge in [0.2, 0.25) is 0 Å². The standard InChI is InChI=1S/C31H29FN6O4/c1-6-41-25-13-18(11-20-24(36-37-29(39)27(20)25)16-34-30(40)42-31(2,3)4)22-15-35-38(5)28(22)26-21(14-33)19-10-8-7-9-17(19)12-23(26)32/h7-13,15H,6,16H2,1-5H3,(H,34,40)(H,37,39). The fourth-order valence-corrected chi connectivity index (χ4v) is 4.95. The van der Waals surface area contributed by atoms with E-state index in [0.29, 0.717) is 38.7 Å². The van der Waals surface area contributed by atoms with Gasteiger partial charge in [0.05, 0.1) is 47.2 Å². The molecule has 2 N–H and O–H groups in total. The van der Waals surface area contributed by atoms with Crippen molar-refractivity contribution in [2.45, 2.75) is 39.8 Å². The minimum Gasteiger partial charge on any atom is -0.493 e. The van der Waals surface area contributed by atoms with Crippen molar-refractivity contribution < 1.29 is 18.7 Å². The Morgan fingerprint density at radius 3 is 2.67 bits per heavy atom. The Balaban J connectivity index is 1.72. The van der Waals surface area contributed by atoms with Crippen LogP contribution >= 0.6 is 0 Å². The van der Waals surface area contributed by atoms with Gasteiger partial charge in [-0.25, -0.2) is 14.3 Å². The SMILES string of the molecule is CCOc1cc(-c2cnn(C)c2-c2c(F)cc3ccccc3c2C#N)cc2c(CNC(=O)OC(C)(C)C)n[nH]c(=O)c12. The molecule has 10 nitrogen and oxygen atoms in total. The number of aromatic amines is 1. The van der Waals surface area contributed by atoms with Crippen molar-refractivity contribution in [1.82, 2.24) is 25.3 Å². The number of nitriles is 1. The van der Waals surface area contributed by atoms with Gasteiger partial charge in [0, 0.05) is 23.4 Å². The monoisotopic (exact) mass is 568 g/mol. The van der Waals surface area contributed by atoms with Crippen LogP contribution in [0.5, 0.6) is 5.75 Å². The van der Waals surface area contributed by atoms with Gasteiger partial charge in [0.25, 0.3) is 5.56 Å². The number of hydrogen-bond donors (Lipinski definition) is 2. The van der Waals surface area contributed by atoms with Crippen molar-refractivity contribution in [3.8, 4) is 34.2 Å². The van der Waals surface area contributed by atoms with Crippen LogP contribution in [0.1, 0.15) is 39.0 Å². The fourth-order valence-electron chi connectivity index (χ4n) is 4.95. The molecule has 0 aliphatic carbocycles. The molecule has 0 spiro atoms. The fraction of sp³-hybridized carbons (Fsp3) is 0.258. The van der Waals surface area contributed by atoms with Gasteiger partial charge >= 0.3 is 6.09 Å². The molecule has 1 amide bonds. The number of hydrogen-bond acceptors (Lipinski definition) is 7. The van der Waals surface area contributed by atoms with Crippen LogP contribution in [0.3, 0.4) is 0 Å². The third kappa shape index (κ3) is 5.26. The van der Waals surface area contributed by atoms with Crippen LogP contribution in [0.25, 0.3) is 43.9 Å². The number of alkyl carbamates (subject to hydrolysis) is 1. The molecule has 42 heavy (non-hydrogen) atoms. The Morgan fingerprint density at radius 2 is 1.95 bits per heavy atom. The summed E-state index contributed by atoms with van der Waals surface area (Å²) in [6.07, 6.45) is 0.927. The lowest BCUT2D eigenvalue weighted by Gasteiger charge is -2.19. The molecule has 0 unspecified atom stereocenters. The number of carbonyl (C=O) groups excluding carboxylic acids is 1. The number of aryl methyl sites for hydroxylation is 1. The molecule has 0 fully saturated rings. The molecule has 5 rings (SSSR count). The van der Waals surface area contributed by atoms with Gasteiger partial charge in [-0.15, -0.1) is 0 Å². The topological polar surface area (TPSA) is 135 Å². The highest BCUT2D eigenvalue weighted by molar-refractivity contribution is 5.99. The Bertz CT molecular complexity index is 1950. The van der Waals surface area contributed by atoms with E-state index in [2.05, 4.69) is 26.7 Å². The third-order valence-corrected chi connectivity index (χ3v) is 6.63. The van der Waals surface area contributed by atoms with Crippen LogP contribution in [0.4, 0.5) is 9.18 Å². The lowest BCUT2D eigenvalue weighted by atomic mass is 9.92. The highest BCUT2D eigenvalue weighted by atomic mass is 19.1. The number of ether oxygens (including phenoxy) is 2. The molecule has 2 heterocycles. The first-order valence-electron chi connectivity index (χ1n) is 13.3. The van der Waals surface area contributed by atoms with E-state index >= 15 is 4.39 Å². The minimum absolute atomic E-state index is 0.0466. The lowest BCUT2D eigenvalue weighted by molar-refractivity contribution is 0.0523. The molecule has 11 heteroatoms. The molecule has 0 saturated carbocycles. The zero-order valence-corrected chi connectivity index (χ0v) is 23.8. The number of amides is 1. The van der Waals surface area contributed by atoms with Gasteiger partial charge in [-0.05, 0) is 56.8 Å². The Kier molecular flexibility index (Phi) is 7.39. The van der Waals surface area contributed by atoms with E-state index < -0.39 is 23.1 Å². The van der Waals surface area contributed by atoms with E-state index in [1.54, 1.807) is 77.3 Å². The first kappa shape index (κ1) is 28.3. The number of carbonyl (C=O) groups is 1. The predicted octanol–water partition coefficient (Wildman–Crippen LogP) is 5.58. The number of rotatable bonds is 6. The second-order valence-corrected chi connectivity index (χ2v) is 10.7. The average molecular weight is 569 g/mol. The maximum atomic E-state index is 15.7. The summed E-state index contributed by atoms with van der Waals surface area (Å²) in [5, 5.41) is 25.7. The Hall–Kier alpha value is -5.24. The van der Waals surface area contributed by atoms with E-state index in [-0.39, 0.29) is 35.4 Å². The van der Waals surface area contributed by atoms with Crippen LogP contribution in [0, 0.1) is 17.1 Å². The van der Waals surface area contributed by atoms with Gasteiger partial charge in [-0.3, -0.25) is 9.48 Å². The predicted molar refractivity (Wildman–Crippen MR) is 156 cm³/mol. The average Bonchev–Trinajstić information content (AvgIpc) is 3.31. The third-order valence-electron chi connectivity index (χ3n) is 6.63. The summed E-state index contributed by atoms with van der Waals surface area (Å²) < 4.78 is 28.5. The zero-order chi connectivity index (χ0) is 30.2. The molecule has 5 aromatic rings. The highest BCUT2D eigenvalue weighted by Crippen LogP contribution is 2.40. The Morgan fingerprint density at radius 1 is 1.19 bits per heavy atom. The number of benzene rings is 3. The van der Waals surface area contributed by atoms with Crippen LogP contribution in [-0.4, -0.2) is 38.3 Å². The van der Waals surface area contributed by atoms with E-state index in [1.165, 1.54) is 10.7 Å². The number of nitrogens with one attached hydrogen (secondary N) is 2. The molecule has 0 radical (unpaired) electrons. The smallest absolute Gasteiger partial charge is 0.407 e. The molecule has 0 bridgehead atoms. The first-order valence-corrected chi connectivity index (χ1v) is 13.3. The van der Waals surface area contributed by atoms with Crippen molar-refractivity contribution in [3.05, 3.63) is 76.1 Å². The summed E-state index contributed by atoms with van der Waals surface area (Å²) in [4.78, 5) is 25.3. The van der Waals surface area contributed by atoms with Crippen molar-refractivity contribution in [3.63, 3.8) is 0 Å². The van der Waals surface area contributed by atoms with Gasteiger partial charge in [-0.1, -0.05) is 24.3 Å². The second kappa shape index (κ2) is 11.0. The number of nitrogens with zero attached hydrogens (tertiary/aromatic N) is 4. The summed E-state index contributed by atoms with van der Waals surface area (Å²) in [6, 6.07) is 14.1. The van der Waals surface area contributed by atoms with Gasteiger partial charge in [0.15, 0.2) is 0 Å². The number of fused-ring (bicyclic) bond motifs is 2. The quantitative estimate of drug-likeness (QED) is 0.273. The second-order valence-electron chi connectivity index (χ2n) is 10.7. The summed E-state index contributed by atoms with van der Waals surface area (Å²) in [6.45, 7) is 7.27. The number of H-pyrrole nitrogens is 1. The van der Waals surface area contributed by atoms with Gasteiger partial charge in [0.1, 0.15) is 23.2 Å². The first-order chi connectivity index (χ1) is 20.0. The minimum atomic E-state index is -0.698. The van der Waals surface area contributed by atoms with E-state index in [9.17, 15) is 14.9 Å². The van der Waals surface area contributed by atoms with Gasteiger partial charge < -0.3 is 14.8 Å². The molecule has 0 aliphatic rings. The summed E-state index contributed by atoms with van der Waals surface area (Å²) in [5.41, 5.74) is 0.924. The molecule has 0 aliphatic heterocycles. The molecule has 2 aromatic heterocycles. The number of aromatic nitrogens is 4. The van der Waals surface area contributed by atoms with Gasteiger partial charge in [-0.2, -0.15) is 15.5 Å². The number of halogens is 1. The maximum Gasteiger partial charge on any atom is 0.407 e. The Labute approximate surface area is 240 Å². The molecule has 214 valence electrons.